The first-order valence-corrected chi connectivity index (χ1v) is 8.22. The Kier molecular flexibility index (Phi) is 4.44. The lowest BCUT2D eigenvalue weighted by Crippen LogP contribution is -2.37. The van der Waals surface area contributed by atoms with E-state index >= 15 is 0 Å². The highest BCUT2D eigenvalue weighted by Gasteiger charge is 2.25. The van der Waals surface area contributed by atoms with Gasteiger partial charge in [0.1, 0.15) is 5.65 Å². The average Bonchev–Trinajstić information content (AvgIpc) is 2.89. The molecule has 3 rings (SSSR count). The molecule has 0 aromatic carbocycles. The van der Waals surface area contributed by atoms with Gasteiger partial charge in [0.15, 0.2) is 5.82 Å². The molecule has 0 amide bonds. The van der Waals surface area contributed by atoms with E-state index in [0.29, 0.717) is 6.04 Å². The third-order valence-electron chi connectivity index (χ3n) is 4.58. The van der Waals surface area contributed by atoms with Crippen LogP contribution in [0, 0.1) is 0 Å². The molecule has 2 aromatic heterocycles. The third-order valence-corrected chi connectivity index (χ3v) is 4.58. The Labute approximate surface area is 127 Å². The Morgan fingerprint density at radius 3 is 2.81 bits per heavy atom. The molecular formula is C17H26N4. The van der Waals surface area contributed by atoms with Gasteiger partial charge in [-0.1, -0.05) is 25.3 Å². The number of hydrogen-bond acceptors (Lipinski definition) is 3. The molecule has 1 aliphatic carbocycles. The van der Waals surface area contributed by atoms with E-state index in [1.807, 2.05) is 7.05 Å². The molecule has 1 N–H and O–H groups in total. The minimum Gasteiger partial charge on any atom is -0.352 e. The molecule has 1 saturated carbocycles. The van der Waals surface area contributed by atoms with Crippen molar-refractivity contribution in [1.29, 1.82) is 0 Å². The lowest BCUT2D eigenvalue weighted by molar-refractivity contribution is 0.416. The van der Waals surface area contributed by atoms with E-state index in [-0.39, 0.29) is 0 Å². The van der Waals surface area contributed by atoms with Gasteiger partial charge in [0, 0.05) is 25.3 Å². The molecule has 2 heterocycles. The minimum absolute atomic E-state index is 0.657. The Hall–Kier alpha value is -1.55. The predicted octanol–water partition coefficient (Wildman–Crippen LogP) is 3.21. The summed E-state index contributed by atoms with van der Waals surface area (Å²) in [4.78, 5) is 7.45. The molecule has 4 nitrogen and oxygen atoms in total. The monoisotopic (exact) mass is 286 g/mol. The van der Waals surface area contributed by atoms with E-state index < -0.39 is 0 Å². The molecular weight excluding hydrogens is 260 g/mol. The van der Waals surface area contributed by atoms with E-state index in [4.69, 9.17) is 4.98 Å². The molecule has 0 aliphatic heterocycles. The van der Waals surface area contributed by atoms with Gasteiger partial charge < -0.3 is 14.6 Å². The molecule has 0 atom stereocenters. The second kappa shape index (κ2) is 6.48. The van der Waals surface area contributed by atoms with Gasteiger partial charge in [-0.2, -0.15) is 0 Å². The van der Waals surface area contributed by atoms with Gasteiger partial charge in [-0.3, -0.25) is 0 Å². The Morgan fingerprint density at radius 2 is 2.10 bits per heavy atom. The van der Waals surface area contributed by atoms with Crippen molar-refractivity contribution in [3.63, 3.8) is 0 Å². The maximum Gasteiger partial charge on any atom is 0.152 e. The molecule has 21 heavy (non-hydrogen) atoms. The second-order valence-electron chi connectivity index (χ2n) is 5.92. The molecule has 0 saturated heterocycles. The van der Waals surface area contributed by atoms with Crippen molar-refractivity contribution in [2.45, 2.75) is 51.6 Å². The summed E-state index contributed by atoms with van der Waals surface area (Å²) in [6.45, 7) is 4.14. The van der Waals surface area contributed by atoms with Crippen molar-refractivity contribution in [2.24, 2.45) is 0 Å². The fourth-order valence-corrected chi connectivity index (χ4v) is 3.57. The maximum absolute atomic E-state index is 4.93. The summed E-state index contributed by atoms with van der Waals surface area (Å²) in [6, 6.07) is 6.89. The highest BCUT2D eigenvalue weighted by Crippen LogP contribution is 2.29. The summed E-state index contributed by atoms with van der Waals surface area (Å²) in [5, 5.41) is 3.30. The van der Waals surface area contributed by atoms with Crippen LogP contribution in [0.4, 0.5) is 5.82 Å². The molecule has 114 valence electrons. The van der Waals surface area contributed by atoms with E-state index in [1.165, 1.54) is 43.6 Å². The van der Waals surface area contributed by atoms with Crippen molar-refractivity contribution < 1.29 is 0 Å². The maximum atomic E-state index is 4.93. The highest BCUT2D eigenvalue weighted by molar-refractivity contribution is 5.56. The van der Waals surface area contributed by atoms with Crippen molar-refractivity contribution in [2.75, 3.05) is 18.5 Å². The van der Waals surface area contributed by atoms with Crippen LogP contribution in [-0.4, -0.2) is 29.0 Å². The van der Waals surface area contributed by atoms with E-state index in [9.17, 15) is 0 Å². The topological polar surface area (TPSA) is 32.6 Å². The van der Waals surface area contributed by atoms with Crippen LogP contribution in [0.25, 0.3) is 5.65 Å². The number of hydrogen-bond donors (Lipinski definition) is 1. The molecule has 1 fully saturated rings. The van der Waals surface area contributed by atoms with E-state index in [0.717, 1.165) is 18.7 Å². The SMILES string of the molecule is CCN(c1nc2ccccn2c1CNC)C1CCCCC1. The smallest absolute Gasteiger partial charge is 0.152 e. The normalized spacial score (nSPS) is 16.5. The van der Waals surface area contributed by atoms with Crippen LogP contribution < -0.4 is 10.2 Å². The van der Waals surface area contributed by atoms with Crippen LogP contribution in [0.15, 0.2) is 24.4 Å². The summed E-state index contributed by atoms with van der Waals surface area (Å²) in [7, 11) is 2.00. The standard InChI is InChI=1S/C17H26N4/c1-3-20(14-9-5-4-6-10-14)17-15(13-18-2)21-12-8-7-11-16(21)19-17/h7-8,11-12,14,18H,3-6,9-10,13H2,1-2H3. The number of nitrogens with zero attached hydrogens (tertiary/aromatic N) is 3. The number of nitrogens with one attached hydrogen (secondary N) is 1. The zero-order valence-electron chi connectivity index (χ0n) is 13.2. The Balaban J connectivity index is 2.01. The van der Waals surface area contributed by atoms with Gasteiger partial charge >= 0.3 is 0 Å². The van der Waals surface area contributed by atoms with E-state index in [2.05, 4.69) is 45.9 Å². The number of aromatic nitrogens is 2. The molecule has 4 heteroatoms. The van der Waals surface area contributed by atoms with Crippen LogP contribution in [0.3, 0.4) is 0 Å². The van der Waals surface area contributed by atoms with Crippen molar-refractivity contribution in [1.82, 2.24) is 14.7 Å². The average molecular weight is 286 g/mol. The fourth-order valence-electron chi connectivity index (χ4n) is 3.57. The van der Waals surface area contributed by atoms with Crippen LogP contribution in [-0.2, 0) is 6.54 Å². The van der Waals surface area contributed by atoms with Crippen LogP contribution >= 0.6 is 0 Å². The Bertz CT molecular complexity index is 583. The van der Waals surface area contributed by atoms with Gasteiger partial charge in [-0.15, -0.1) is 0 Å². The van der Waals surface area contributed by atoms with Gasteiger partial charge in [0.25, 0.3) is 0 Å². The summed E-state index contributed by atoms with van der Waals surface area (Å²) in [5.74, 6) is 1.17. The quantitative estimate of drug-likeness (QED) is 0.916. The molecule has 2 aromatic rings. The number of pyridine rings is 1. The third kappa shape index (κ3) is 2.77. The van der Waals surface area contributed by atoms with Crippen molar-refractivity contribution in [3.05, 3.63) is 30.1 Å². The lowest BCUT2D eigenvalue weighted by Gasteiger charge is -2.34. The van der Waals surface area contributed by atoms with Crippen LogP contribution in [0.5, 0.6) is 0 Å². The number of imidazole rings is 1. The van der Waals surface area contributed by atoms with Crippen LogP contribution in [0.1, 0.15) is 44.7 Å². The second-order valence-corrected chi connectivity index (χ2v) is 5.92. The van der Waals surface area contributed by atoms with E-state index in [1.54, 1.807) is 0 Å². The van der Waals surface area contributed by atoms with Gasteiger partial charge in [-0.05, 0) is 38.9 Å². The van der Waals surface area contributed by atoms with Gasteiger partial charge in [-0.25, -0.2) is 4.98 Å². The van der Waals surface area contributed by atoms with Crippen molar-refractivity contribution in [3.8, 4) is 0 Å². The van der Waals surface area contributed by atoms with Gasteiger partial charge in [0.05, 0.1) is 5.69 Å². The molecule has 1 aliphatic rings. The molecule has 0 spiro atoms. The van der Waals surface area contributed by atoms with Crippen LogP contribution in [0.2, 0.25) is 0 Å². The largest absolute Gasteiger partial charge is 0.352 e. The number of rotatable bonds is 5. The summed E-state index contributed by atoms with van der Waals surface area (Å²) < 4.78 is 2.22. The molecule has 0 radical (unpaired) electrons. The fraction of sp³-hybridized carbons (Fsp3) is 0.588. The number of anilines is 1. The predicted molar refractivity (Wildman–Crippen MR) is 87.8 cm³/mol. The van der Waals surface area contributed by atoms with Crippen molar-refractivity contribution >= 4 is 11.5 Å². The summed E-state index contributed by atoms with van der Waals surface area (Å²) in [6.07, 6.45) is 8.84. The number of fused-ring (bicyclic) bond motifs is 1. The first kappa shape index (κ1) is 14.4. The summed E-state index contributed by atoms with van der Waals surface area (Å²) >= 11 is 0. The lowest BCUT2D eigenvalue weighted by atomic mass is 9.94. The molecule has 0 unspecified atom stereocenters. The van der Waals surface area contributed by atoms with Gasteiger partial charge in [0.2, 0.25) is 0 Å². The Morgan fingerprint density at radius 1 is 1.29 bits per heavy atom. The minimum atomic E-state index is 0.657. The zero-order chi connectivity index (χ0) is 14.7. The zero-order valence-corrected chi connectivity index (χ0v) is 13.2. The highest BCUT2D eigenvalue weighted by atomic mass is 15.3. The molecule has 0 bridgehead atoms. The first-order valence-electron chi connectivity index (χ1n) is 8.22. The first-order chi connectivity index (χ1) is 10.3. The summed E-state index contributed by atoms with van der Waals surface area (Å²) in [5.41, 5.74) is 2.33.